The van der Waals surface area contributed by atoms with Gasteiger partial charge in [-0.3, -0.25) is 4.79 Å². The molecule has 0 aliphatic carbocycles. The van der Waals surface area contributed by atoms with E-state index in [1.807, 2.05) is 36.4 Å². The predicted molar refractivity (Wildman–Crippen MR) is 116 cm³/mol. The van der Waals surface area contributed by atoms with E-state index < -0.39 is 11.9 Å². The summed E-state index contributed by atoms with van der Waals surface area (Å²) in [5.74, 6) is 0.666. The van der Waals surface area contributed by atoms with Crippen LogP contribution >= 0.6 is 35.0 Å². The molecule has 148 valence electrons. The number of fused-ring (bicyclic) bond motifs is 1. The number of rotatable bonds is 5. The summed E-state index contributed by atoms with van der Waals surface area (Å²) in [6.45, 7) is 1.80. The smallest absolute Gasteiger partial charge is 0.248 e. The summed E-state index contributed by atoms with van der Waals surface area (Å²) in [5, 5.41) is 9.65. The van der Waals surface area contributed by atoms with E-state index >= 15 is 0 Å². The highest BCUT2D eigenvalue weighted by atomic mass is 35.5. The Morgan fingerprint density at radius 3 is 2.62 bits per heavy atom. The van der Waals surface area contributed by atoms with Crippen LogP contribution in [0.5, 0.6) is 0 Å². The van der Waals surface area contributed by atoms with Gasteiger partial charge >= 0.3 is 0 Å². The van der Waals surface area contributed by atoms with Crippen LogP contribution in [0.4, 0.5) is 5.95 Å². The minimum absolute atomic E-state index is 0.437. The van der Waals surface area contributed by atoms with Gasteiger partial charge in [0.2, 0.25) is 17.0 Å². The maximum Gasteiger partial charge on any atom is 0.248 e. The number of carbonyl (C=O) groups excluding carboxylic acids is 1. The molecule has 2 aromatic carbocycles. The molecule has 1 aliphatic heterocycles. The Morgan fingerprint density at radius 2 is 1.93 bits per heavy atom. The summed E-state index contributed by atoms with van der Waals surface area (Å²) in [5.41, 5.74) is 8.62. The number of anilines is 1. The minimum atomic E-state index is -0.513. The van der Waals surface area contributed by atoms with Crippen molar-refractivity contribution in [1.82, 2.24) is 14.8 Å². The lowest BCUT2D eigenvalue weighted by Crippen LogP contribution is -2.31. The van der Waals surface area contributed by atoms with Crippen molar-refractivity contribution in [2.75, 3.05) is 5.32 Å². The van der Waals surface area contributed by atoms with Crippen molar-refractivity contribution in [3.8, 4) is 0 Å². The number of primary amides is 1. The summed E-state index contributed by atoms with van der Waals surface area (Å²) in [6, 6.07) is 14.4. The number of hydrogen-bond donors (Lipinski definition) is 2. The van der Waals surface area contributed by atoms with Gasteiger partial charge in [-0.2, -0.15) is 4.98 Å². The molecule has 0 radical (unpaired) electrons. The third-order valence-corrected chi connectivity index (χ3v) is 6.11. The van der Waals surface area contributed by atoms with Crippen molar-refractivity contribution < 1.29 is 4.79 Å². The van der Waals surface area contributed by atoms with Crippen molar-refractivity contribution >= 4 is 46.8 Å². The van der Waals surface area contributed by atoms with Crippen LogP contribution in [0.1, 0.15) is 24.1 Å². The quantitative estimate of drug-likeness (QED) is 0.558. The molecule has 9 heteroatoms. The first-order chi connectivity index (χ1) is 13.9. The fourth-order valence-electron chi connectivity index (χ4n) is 3.22. The van der Waals surface area contributed by atoms with Crippen LogP contribution in [0.2, 0.25) is 10.0 Å². The molecule has 4 rings (SSSR count). The topological polar surface area (TPSA) is 85.8 Å². The van der Waals surface area contributed by atoms with E-state index in [1.54, 1.807) is 23.7 Å². The number of nitrogens with two attached hydrogens (primary N) is 1. The monoisotopic (exact) mass is 445 g/mol. The van der Waals surface area contributed by atoms with Crippen molar-refractivity contribution in [3.05, 3.63) is 81.0 Å². The third kappa shape index (κ3) is 3.99. The van der Waals surface area contributed by atoms with Crippen molar-refractivity contribution in [3.63, 3.8) is 0 Å². The van der Waals surface area contributed by atoms with Gasteiger partial charge in [-0.05, 0) is 36.2 Å². The van der Waals surface area contributed by atoms with Crippen LogP contribution in [0, 0.1) is 0 Å². The van der Waals surface area contributed by atoms with E-state index in [4.69, 9.17) is 28.9 Å². The molecule has 0 spiro atoms. The predicted octanol–water partition coefficient (Wildman–Crippen LogP) is 4.65. The lowest BCUT2D eigenvalue weighted by atomic mass is 9.95. The van der Waals surface area contributed by atoms with Crippen LogP contribution in [-0.2, 0) is 10.5 Å². The number of halogens is 2. The zero-order chi connectivity index (χ0) is 20.5. The SMILES string of the molecule is CC1=C(C(N)=O)C(c2ccc(Cl)cc2)n2nc(SCc3ccccc3Cl)nc2N1. The molecule has 0 bridgehead atoms. The maximum atomic E-state index is 12.2. The Morgan fingerprint density at radius 1 is 1.21 bits per heavy atom. The van der Waals surface area contributed by atoms with E-state index in [9.17, 15) is 4.79 Å². The van der Waals surface area contributed by atoms with E-state index in [2.05, 4.69) is 15.4 Å². The van der Waals surface area contributed by atoms with E-state index in [0.717, 1.165) is 11.1 Å². The summed E-state index contributed by atoms with van der Waals surface area (Å²) in [7, 11) is 0. The lowest BCUT2D eigenvalue weighted by Gasteiger charge is -2.27. The Balaban J connectivity index is 1.69. The van der Waals surface area contributed by atoms with Gasteiger partial charge in [0.25, 0.3) is 0 Å². The molecule has 1 amide bonds. The number of thioether (sulfide) groups is 1. The first kappa shape index (κ1) is 19.8. The first-order valence-electron chi connectivity index (χ1n) is 8.80. The second-order valence-electron chi connectivity index (χ2n) is 6.52. The lowest BCUT2D eigenvalue weighted by molar-refractivity contribution is -0.115. The Labute approximate surface area is 182 Å². The molecule has 1 atom stereocenters. The molecule has 1 aliphatic rings. The van der Waals surface area contributed by atoms with Gasteiger partial charge in [-0.25, -0.2) is 4.68 Å². The van der Waals surface area contributed by atoms with E-state index in [1.165, 1.54) is 11.8 Å². The third-order valence-electron chi connectivity index (χ3n) is 4.60. The van der Waals surface area contributed by atoms with Crippen molar-refractivity contribution in [1.29, 1.82) is 0 Å². The average Bonchev–Trinajstić information content (AvgIpc) is 3.09. The molecule has 0 saturated carbocycles. The molecule has 3 N–H and O–H groups in total. The van der Waals surface area contributed by atoms with Crippen LogP contribution in [-0.4, -0.2) is 20.7 Å². The van der Waals surface area contributed by atoms with Gasteiger partial charge in [-0.15, -0.1) is 5.10 Å². The van der Waals surface area contributed by atoms with Crippen LogP contribution in [0.25, 0.3) is 0 Å². The zero-order valence-corrected chi connectivity index (χ0v) is 17.7. The van der Waals surface area contributed by atoms with Gasteiger partial charge < -0.3 is 11.1 Å². The zero-order valence-electron chi connectivity index (χ0n) is 15.4. The molecular formula is C20H17Cl2N5OS. The molecule has 0 fully saturated rings. The fraction of sp³-hybridized carbons (Fsp3) is 0.150. The highest BCUT2D eigenvalue weighted by Gasteiger charge is 2.33. The molecule has 6 nitrogen and oxygen atoms in total. The standard InChI is InChI=1S/C20H17Cl2N5OS/c1-11-16(18(23)28)17(12-6-8-14(21)9-7-12)27-19(24-11)25-20(26-27)29-10-13-4-2-3-5-15(13)22/h2-9,17H,10H2,1H3,(H2,23,28)(H,24,25,26). The van der Waals surface area contributed by atoms with Gasteiger partial charge in [0.15, 0.2) is 0 Å². The molecule has 1 aromatic heterocycles. The number of amides is 1. The molecule has 0 saturated heterocycles. The second-order valence-corrected chi connectivity index (χ2v) is 8.31. The Bertz CT molecular complexity index is 1110. The van der Waals surface area contributed by atoms with Crippen LogP contribution in [0.3, 0.4) is 0 Å². The average molecular weight is 446 g/mol. The minimum Gasteiger partial charge on any atom is -0.366 e. The molecular weight excluding hydrogens is 429 g/mol. The molecule has 1 unspecified atom stereocenters. The van der Waals surface area contributed by atoms with Crippen molar-refractivity contribution in [2.45, 2.75) is 23.9 Å². The van der Waals surface area contributed by atoms with Crippen molar-refractivity contribution in [2.24, 2.45) is 5.73 Å². The summed E-state index contributed by atoms with van der Waals surface area (Å²) in [6.07, 6.45) is 0. The number of allylic oxidation sites excluding steroid dienone is 1. The molecule has 3 aromatic rings. The van der Waals surface area contributed by atoms with Gasteiger partial charge in [0.1, 0.15) is 6.04 Å². The number of nitrogens with one attached hydrogen (secondary N) is 1. The van der Waals surface area contributed by atoms with Gasteiger partial charge in [0.05, 0.1) is 5.57 Å². The number of benzene rings is 2. The van der Waals surface area contributed by atoms with E-state index in [0.29, 0.717) is 38.2 Å². The Kier molecular flexibility index (Phi) is 5.54. The number of hydrogen-bond acceptors (Lipinski definition) is 5. The summed E-state index contributed by atoms with van der Waals surface area (Å²) in [4.78, 5) is 16.8. The normalized spacial score (nSPS) is 15.8. The highest BCUT2D eigenvalue weighted by molar-refractivity contribution is 7.98. The highest BCUT2D eigenvalue weighted by Crippen LogP contribution is 2.36. The van der Waals surface area contributed by atoms with Crippen LogP contribution < -0.4 is 11.1 Å². The Hall–Kier alpha value is -2.48. The number of aromatic nitrogens is 3. The fourth-order valence-corrected chi connectivity index (χ4v) is 4.46. The number of carbonyl (C=O) groups is 1. The first-order valence-corrected chi connectivity index (χ1v) is 10.5. The maximum absolute atomic E-state index is 12.2. The van der Waals surface area contributed by atoms with Gasteiger partial charge in [-0.1, -0.05) is 65.3 Å². The van der Waals surface area contributed by atoms with Gasteiger partial charge in [0, 0.05) is 21.5 Å². The largest absolute Gasteiger partial charge is 0.366 e. The molecule has 2 heterocycles. The summed E-state index contributed by atoms with van der Waals surface area (Å²) < 4.78 is 1.69. The van der Waals surface area contributed by atoms with E-state index in [-0.39, 0.29) is 0 Å². The number of nitrogens with zero attached hydrogens (tertiary/aromatic N) is 3. The summed E-state index contributed by atoms with van der Waals surface area (Å²) >= 11 is 13.7. The second kappa shape index (κ2) is 8.10. The molecule has 29 heavy (non-hydrogen) atoms. The van der Waals surface area contributed by atoms with Crippen LogP contribution in [0.15, 0.2) is 65.0 Å².